The summed E-state index contributed by atoms with van der Waals surface area (Å²) in [6.45, 7) is 2.18. The molecule has 1 N–H and O–H groups in total. The van der Waals surface area contributed by atoms with E-state index in [1.54, 1.807) is 0 Å². The summed E-state index contributed by atoms with van der Waals surface area (Å²) in [6, 6.07) is 1.83. The van der Waals surface area contributed by atoms with Crippen LogP contribution in [0.1, 0.15) is 40.6 Å². The predicted octanol–water partition coefficient (Wildman–Crippen LogP) is 2.40. The number of carbonyl (C=O) groups excluding carboxylic acids is 1. The Morgan fingerprint density at radius 3 is 3.18 bits per heavy atom. The first-order chi connectivity index (χ1) is 10.8. The molecule has 1 amide bonds. The highest BCUT2D eigenvalue weighted by atomic mass is 32.1. The lowest BCUT2D eigenvalue weighted by Gasteiger charge is -2.22. The topological polar surface area (TPSA) is 56.1 Å². The van der Waals surface area contributed by atoms with E-state index in [0.717, 1.165) is 24.6 Å². The number of hydrogen-bond donors (Lipinski definition) is 1. The van der Waals surface area contributed by atoms with E-state index in [1.165, 1.54) is 29.7 Å². The largest absolute Gasteiger partial charge is 0.370 e. The summed E-state index contributed by atoms with van der Waals surface area (Å²) in [5.74, 6) is 0.758. The molecule has 0 unspecified atom stereocenters. The van der Waals surface area contributed by atoms with Gasteiger partial charge in [0.1, 0.15) is 6.10 Å². The Morgan fingerprint density at radius 2 is 2.41 bits per heavy atom. The van der Waals surface area contributed by atoms with Gasteiger partial charge in [0, 0.05) is 30.2 Å². The van der Waals surface area contributed by atoms with Gasteiger partial charge in [-0.2, -0.15) is 16.4 Å². The molecule has 2 aliphatic rings. The Hall–Kier alpha value is -1.66. The van der Waals surface area contributed by atoms with E-state index in [-0.39, 0.29) is 12.0 Å². The molecule has 22 heavy (non-hydrogen) atoms. The molecule has 4 rings (SSSR count). The van der Waals surface area contributed by atoms with Crippen LogP contribution in [0.3, 0.4) is 0 Å². The Labute approximate surface area is 133 Å². The van der Waals surface area contributed by atoms with E-state index in [9.17, 15) is 4.79 Å². The number of ether oxygens (including phenoxy) is 1. The molecule has 2 aromatic rings. The second-order valence-corrected chi connectivity index (χ2v) is 6.82. The zero-order chi connectivity index (χ0) is 14.9. The van der Waals surface area contributed by atoms with E-state index >= 15 is 0 Å². The van der Waals surface area contributed by atoms with Crippen molar-refractivity contribution in [1.82, 2.24) is 15.1 Å². The van der Waals surface area contributed by atoms with E-state index in [4.69, 9.17) is 9.84 Å². The molecule has 0 radical (unpaired) electrons. The van der Waals surface area contributed by atoms with Crippen LogP contribution < -0.4 is 5.32 Å². The average molecular weight is 317 g/mol. The molecule has 0 aromatic carbocycles. The van der Waals surface area contributed by atoms with Crippen molar-refractivity contribution in [1.29, 1.82) is 0 Å². The van der Waals surface area contributed by atoms with Gasteiger partial charge in [-0.05, 0) is 42.2 Å². The molecule has 116 valence electrons. The van der Waals surface area contributed by atoms with Gasteiger partial charge in [-0.1, -0.05) is 0 Å². The first kappa shape index (κ1) is 14.0. The van der Waals surface area contributed by atoms with Crippen LogP contribution in [0.25, 0.3) is 0 Å². The monoisotopic (exact) mass is 317 g/mol. The molecule has 0 spiro atoms. The zero-order valence-corrected chi connectivity index (χ0v) is 13.1. The van der Waals surface area contributed by atoms with Crippen molar-refractivity contribution < 1.29 is 9.53 Å². The highest BCUT2D eigenvalue weighted by molar-refractivity contribution is 7.08. The summed E-state index contributed by atoms with van der Waals surface area (Å²) >= 11 is 1.53. The standard InChI is InChI=1S/C16H19N3O2S/c20-16(13-4-6-22-10-13)17-7-14-15-12(3-5-21-14)9-19(18-15)8-11-1-2-11/h4,6,9-11,14H,1-3,5,7-8H2,(H,17,20)/t14-/m0/s1. The molecule has 3 heterocycles. The SMILES string of the molecule is O=C(NC[C@@H]1OCCc2cn(CC3CC3)nc21)c1ccsc1. The van der Waals surface area contributed by atoms with Crippen LogP contribution in [0.15, 0.2) is 23.0 Å². The first-order valence-electron chi connectivity index (χ1n) is 7.78. The maximum Gasteiger partial charge on any atom is 0.252 e. The number of rotatable bonds is 5. The van der Waals surface area contributed by atoms with Crippen LogP contribution in [-0.4, -0.2) is 28.8 Å². The molecule has 6 heteroatoms. The number of nitrogens with one attached hydrogen (secondary N) is 1. The van der Waals surface area contributed by atoms with Gasteiger partial charge in [-0.25, -0.2) is 0 Å². The third-order valence-corrected chi connectivity index (χ3v) is 4.92. The van der Waals surface area contributed by atoms with Crippen LogP contribution in [0.4, 0.5) is 0 Å². The molecule has 1 saturated carbocycles. The van der Waals surface area contributed by atoms with E-state index in [0.29, 0.717) is 18.7 Å². The van der Waals surface area contributed by atoms with Crippen LogP contribution >= 0.6 is 11.3 Å². The van der Waals surface area contributed by atoms with Crippen LogP contribution in [0.5, 0.6) is 0 Å². The van der Waals surface area contributed by atoms with E-state index < -0.39 is 0 Å². The number of nitrogens with zero attached hydrogens (tertiary/aromatic N) is 2. The third-order valence-electron chi connectivity index (χ3n) is 4.24. The van der Waals surface area contributed by atoms with Gasteiger partial charge in [0.05, 0.1) is 12.3 Å². The fraction of sp³-hybridized carbons (Fsp3) is 0.500. The minimum absolute atomic E-state index is 0.0469. The van der Waals surface area contributed by atoms with Crippen molar-refractivity contribution in [3.63, 3.8) is 0 Å². The number of aromatic nitrogens is 2. The normalized spacial score (nSPS) is 20.6. The zero-order valence-electron chi connectivity index (χ0n) is 12.3. The second kappa shape index (κ2) is 5.85. The maximum absolute atomic E-state index is 12.0. The second-order valence-electron chi connectivity index (χ2n) is 6.04. The fourth-order valence-corrected chi connectivity index (χ4v) is 3.46. The first-order valence-corrected chi connectivity index (χ1v) is 8.72. The molecule has 1 atom stereocenters. The van der Waals surface area contributed by atoms with Crippen molar-refractivity contribution in [2.75, 3.05) is 13.2 Å². The Balaban J connectivity index is 1.42. The van der Waals surface area contributed by atoms with E-state index in [2.05, 4.69) is 16.2 Å². The fourth-order valence-electron chi connectivity index (χ4n) is 2.83. The lowest BCUT2D eigenvalue weighted by molar-refractivity contribution is 0.0383. The molecule has 0 bridgehead atoms. The average Bonchev–Trinajstić information content (AvgIpc) is 3.03. The summed E-state index contributed by atoms with van der Waals surface area (Å²) in [6.07, 6.45) is 5.58. The van der Waals surface area contributed by atoms with Crippen LogP contribution in [0.2, 0.25) is 0 Å². The lowest BCUT2D eigenvalue weighted by Crippen LogP contribution is -2.31. The number of thiophene rings is 1. The quantitative estimate of drug-likeness (QED) is 0.921. The van der Waals surface area contributed by atoms with Crippen molar-refractivity contribution in [2.45, 2.75) is 31.9 Å². The molecule has 5 nitrogen and oxygen atoms in total. The smallest absolute Gasteiger partial charge is 0.252 e. The van der Waals surface area contributed by atoms with Crippen LogP contribution in [0, 0.1) is 5.92 Å². The Morgan fingerprint density at radius 1 is 1.50 bits per heavy atom. The molecule has 2 aromatic heterocycles. The van der Waals surface area contributed by atoms with Gasteiger partial charge in [-0.3, -0.25) is 9.48 Å². The van der Waals surface area contributed by atoms with Crippen LogP contribution in [-0.2, 0) is 17.7 Å². The van der Waals surface area contributed by atoms with Crippen molar-refractivity contribution in [3.05, 3.63) is 39.8 Å². The molecular formula is C16H19N3O2S. The summed E-state index contributed by atoms with van der Waals surface area (Å²) in [5, 5.41) is 11.4. The number of fused-ring (bicyclic) bond motifs is 1. The third kappa shape index (κ3) is 2.94. The predicted molar refractivity (Wildman–Crippen MR) is 84.0 cm³/mol. The molecular weight excluding hydrogens is 298 g/mol. The summed E-state index contributed by atoms with van der Waals surface area (Å²) < 4.78 is 7.88. The Bertz CT molecular complexity index is 661. The summed E-state index contributed by atoms with van der Waals surface area (Å²) in [7, 11) is 0. The molecule has 1 aliphatic heterocycles. The van der Waals surface area contributed by atoms with Gasteiger partial charge in [0.25, 0.3) is 5.91 Å². The highest BCUT2D eigenvalue weighted by Gasteiger charge is 2.27. The summed E-state index contributed by atoms with van der Waals surface area (Å²) in [5.41, 5.74) is 2.97. The minimum Gasteiger partial charge on any atom is -0.370 e. The number of hydrogen-bond acceptors (Lipinski definition) is 4. The minimum atomic E-state index is -0.133. The molecule has 1 fully saturated rings. The van der Waals surface area contributed by atoms with Crippen molar-refractivity contribution in [3.8, 4) is 0 Å². The lowest BCUT2D eigenvalue weighted by atomic mass is 10.1. The van der Waals surface area contributed by atoms with Crippen molar-refractivity contribution in [2.24, 2.45) is 5.92 Å². The van der Waals surface area contributed by atoms with Gasteiger partial charge < -0.3 is 10.1 Å². The number of amides is 1. The molecule has 1 aliphatic carbocycles. The molecule has 0 saturated heterocycles. The van der Waals surface area contributed by atoms with E-state index in [1.807, 2.05) is 16.8 Å². The van der Waals surface area contributed by atoms with Crippen molar-refractivity contribution >= 4 is 17.2 Å². The highest BCUT2D eigenvalue weighted by Crippen LogP contribution is 2.32. The van der Waals surface area contributed by atoms with Gasteiger partial charge >= 0.3 is 0 Å². The van der Waals surface area contributed by atoms with Gasteiger partial charge in [0.2, 0.25) is 0 Å². The maximum atomic E-state index is 12.0. The van der Waals surface area contributed by atoms with Gasteiger partial charge in [-0.15, -0.1) is 0 Å². The summed E-state index contributed by atoms with van der Waals surface area (Å²) in [4.78, 5) is 12.0. The number of carbonyl (C=O) groups is 1. The van der Waals surface area contributed by atoms with Gasteiger partial charge in [0.15, 0.2) is 0 Å². The Kier molecular flexibility index (Phi) is 3.72.